The molecule has 98 valence electrons. The van der Waals surface area contributed by atoms with Crippen LogP contribution < -0.4 is 5.56 Å². The van der Waals surface area contributed by atoms with Crippen molar-refractivity contribution in [3.8, 4) is 0 Å². The average Bonchev–Trinajstić information content (AvgIpc) is 2.45. The second kappa shape index (κ2) is 5.95. The van der Waals surface area contributed by atoms with Crippen molar-refractivity contribution < 1.29 is 4.79 Å². The fourth-order valence-corrected chi connectivity index (χ4v) is 1.78. The van der Waals surface area contributed by atoms with Gasteiger partial charge in [-0.25, -0.2) is 0 Å². The Hall–Kier alpha value is -2.43. The first-order valence-electron chi connectivity index (χ1n) is 6.08. The lowest BCUT2D eigenvalue weighted by Crippen LogP contribution is -2.32. The molecule has 0 unspecified atom stereocenters. The van der Waals surface area contributed by atoms with Crippen LogP contribution in [0.3, 0.4) is 0 Å². The summed E-state index contributed by atoms with van der Waals surface area (Å²) in [4.78, 5) is 31.7. The van der Waals surface area contributed by atoms with Crippen molar-refractivity contribution in [3.05, 3.63) is 64.3 Å². The van der Waals surface area contributed by atoms with E-state index in [0.717, 1.165) is 5.56 Å². The largest absolute Gasteiger partial charge is 0.333 e. The summed E-state index contributed by atoms with van der Waals surface area (Å²) in [7, 11) is 0. The molecule has 0 bridgehead atoms. The summed E-state index contributed by atoms with van der Waals surface area (Å²) in [5.41, 5.74) is 1.04. The third kappa shape index (κ3) is 3.28. The van der Waals surface area contributed by atoms with Crippen molar-refractivity contribution in [1.29, 1.82) is 0 Å². The molecule has 0 spiro atoms. The zero-order valence-corrected chi connectivity index (χ0v) is 10.7. The number of carbonyl (C=O) groups is 1. The first-order valence-corrected chi connectivity index (χ1v) is 6.08. The zero-order valence-electron chi connectivity index (χ0n) is 10.7. The molecular weight excluding hydrogens is 242 g/mol. The maximum atomic E-state index is 12.3. The number of nitrogens with one attached hydrogen (secondary N) is 1. The number of hydrogen-bond donors (Lipinski definition) is 1. The molecule has 0 aliphatic heterocycles. The van der Waals surface area contributed by atoms with Crippen LogP contribution in [0.4, 0.5) is 0 Å². The van der Waals surface area contributed by atoms with E-state index in [9.17, 15) is 9.59 Å². The Bertz CT molecular complexity index is 607. The van der Waals surface area contributed by atoms with Gasteiger partial charge in [0.15, 0.2) is 0 Å². The molecule has 0 aromatic carbocycles. The Morgan fingerprint density at radius 2 is 2.00 bits per heavy atom. The highest BCUT2D eigenvalue weighted by atomic mass is 16.2. The number of H-pyrrole nitrogens is 1. The van der Waals surface area contributed by atoms with Gasteiger partial charge in [0, 0.05) is 31.5 Å². The number of nitrogens with zero attached hydrogens (tertiary/aromatic N) is 2. The molecule has 0 saturated carbocycles. The van der Waals surface area contributed by atoms with Crippen molar-refractivity contribution in [2.75, 3.05) is 6.54 Å². The molecular formula is C14H15N3O2. The van der Waals surface area contributed by atoms with E-state index in [1.807, 2.05) is 19.1 Å². The van der Waals surface area contributed by atoms with Gasteiger partial charge in [0.1, 0.15) is 5.69 Å². The number of amides is 1. The number of hydrogen-bond acceptors (Lipinski definition) is 3. The number of carbonyl (C=O) groups excluding carboxylic acids is 1. The molecule has 0 atom stereocenters. The summed E-state index contributed by atoms with van der Waals surface area (Å²) < 4.78 is 0. The Labute approximate surface area is 110 Å². The van der Waals surface area contributed by atoms with E-state index < -0.39 is 0 Å². The van der Waals surface area contributed by atoms with Gasteiger partial charge in [0.05, 0.1) is 0 Å². The summed E-state index contributed by atoms with van der Waals surface area (Å²) in [5, 5.41) is 0. The summed E-state index contributed by atoms with van der Waals surface area (Å²) in [6.07, 6.45) is 3.38. The lowest BCUT2D eigenvalue weighted by molar-refractivity contribution is 0.0746. The molecule has 5 heteroatoms. The predicted molar refractivity (Wildman–Crippen MR) is 71.7 cm³/mol. The molecule has 0 fully saturated rings. The van der Waals surface area contributed by atoms with Gasteiger partial charge in [-0.1, -0.05) is 6.07 Å². The number of aromatic amines is 1. The lowest BCUT2D eigenvalue weighted by Gasteiger charge is -2.20. The lowest BCUT2D eigenvalue weighted by atomic mass is 10.2. The van der Waals surface area contributed by atoms with Crippen LogP contribution in [0.1, 0.15) is 23.0 Å². The van der Waals surface area contributed by atoms with Gasteiger partial charge in [-0.15, -0.1) is 0 Å². The van der Waals surface area contributed by atoms with Crippen LogP contribution in [-0.2, 0) is 6.54 Å². The Balaban J connectivity index is 2.18. The van der Waals surface area contributed by atoms with Gasteiger partial charge >= 0.3 is 0 Å². The molecule has 2 aromatic heterocycles. The van der Waals surface area contributed by atoms with E-state index in [-0.39, 0.29) is 11.5 Å². The van der Waals surface area contributed by atoms with Gasteiger partial charge in [-0.05, 0) is 30.7 Å². The second-order valence-corrected chi connectivity index (χ2v) is 4.10. The molecule has 1 amide bonds. The quantitative estimate of drug-likeness (QED) is 0.901. The standard InChI is InChI=1S/C14H15N3O2/c1-2-17(10-11-6-8-15-9-7-11)14(19)12-4-3-5-13(18)16-12/h3-9H,2,10H2,1H3,(H,16,18). The van der Waals surface area contributed by atoms with Gasteiger partial charge in [-0.3, -0.25) is 14.6 Å². The average molecular weight is 257 g/mol. The van der Waals surface area contributed by atoms with Crippen molar-refractivity contribution in [2.45, 2.75) is 13.5 Å². The number of pyridine rings is 2. The first-order chi connectivity index (χ1) is 9.20. The van der Waals surface area contributed by atoms with Crippen molar-refractivity contribution >= 4 is 5.91 Å². The predicted octanol–water partition coefficient (Wildman–Crippen LogP) is 1.43. The molecule has 0 saturated heterocycles. The Kier molecular flexibility index (Phi) is 4.07. The monoisotopic (exact) mass is 257 g/mol. The maximum Gasteiger partial charge on any atom is 0.270 e. The number of rotatable bonds is 4. The molecule has 0 aliphatic carbocycles. The molecule has 5 nitrogen and oxygen atoms in total. The normalized spacial score (nSPS) is 10.2. The van der Waals surface area contributed by atoms with E-state index >= 15 is 0 Å². The van der Waals surface area contributed by atoms with Gasteiger partial charge in [0.25, 0.3) is 5.91 Å². The second-order valence-electron chi connectivity index (χ2n) is 4.10. The van der Waals surface area contributed by atoms with E-state index in [0.29, 0.717) is 18.8 Å². The van der Waals surface area contributed by atoms with E-state index in [4.69, 9.17) is 0 Å². The van der Waals surface area contributed by atoms with Gasteiger partial charge < -0.3 is 9.88 Å². The van der Waals surface area contributed by atoms with E-state index in [1.54, 1.807) is 29.4 Å². The van der Waals surface area contributed by atoms with Crippen LogP contribution in [0, 0.1) is 0 Å². The summed E-state index contributed by atoms with van der Waals surface area (Å²) in [6.45, 7) is 2.97. The minimum atomic E-state index is -0.272. The molecule has 0 aliphatic rings. The van der Waals surface area contributed by atoms with Crippen molar-refractivity contribution in [2.24, 2.45) is 0 Å². The van der Waals surface area contributed by atoms with Crippen LogP contribution in [0.2, 0.25) is 0 Å². The Morgan fingerprint density at radius 3 is 2.63 bits per heavy atom. The van der Waals surface area contributed by atoms with E-state index in [2.05, 4.69) is 9.97 Å². The van der Waals surface area contributed by atoms with Crippen LogP contribution in [0.25, 0.3) is 0 Å². The molecule has 19 heavy (non-hydrogen) atoms. The summed E-state index contributed by atoms with van der Waals surface area (Å²) in [5.74, 6) is -0.183. The molecule has 2 heterocycles. The third-order valence-electron chi connectivity index (χ3n) is 2.79. The fourth-order valence-electron chi connectivity index (χ4n) is 1.78. The minimum absolute atomic E-state index is 0.183. The highest BCUT2D eigenvalue weighted by Crippen LogP contribution is 2.06. The zero-order chi connectivity index (χ0) is 13.7. The minimum Gasteiger partial charge on any atom is -0.333 e. The van der Waals surface area contributed by atoms with Gasteiger partial charge in [-0.2, -0.15) is 0 Å². The van der Waals surface area contributed by atoms with Crippen LogP contribution in [0.15, 0.2) is 47.5 Å². The summed E-state index contributed by atoms with van der Waals surface area (Å²) in [6, 6.07) is 8.30. The van der Waals surface area contributed by atoms with Crippen LogP contribution >= 0.6 is 0 Å². The van der Waals surface area contributed by atoms with Crippen molar-refractivity contribution in [1.82, 2.24) is 14.9 Å². The maximum absolute atomic E-state index is 12.3. The topological polar surface area (TPSA) is 66.1 Å². The third-order valence-corrected chi connectivity index (χ3v) is 2.79. The molecule has 1 N–H and O–H groups in total. The van der Waals surface area contributed by atoms with E-state index in [1.165, 1.54) is 6.07 Å². The number of aromatic nitrogens is 2. The van der Waals surface area contributed by atoms with Crippen LogP contribution in [-0.4, -0.2) is 27.3 Å². The highest BCUT2D eigenvalue weighted by molar-refractivity contribution is 5.92. The van der Waals surface area contributed by atoms with Gasteiger partial charge in [0.2, 0.25) is 5.56 Å². The van der Waals surface area contributed by atoms with Crippen molar-refractivity contribution in [3.63, 3.8) is 0 Å². The Morgan fingerprint density at radius 1 is 1.26 bits per heavy atom. The molecule has 0 radical (unpaired) electrons. The molecule has 2 aromatic rings. The molecule has 2 rings (SSSR count). The first kappa shape index (κ1) is 13.0. The summed E-state index contributed by atoms with van der Waals surface area (Å²) >= 11 is 0. The smallest absolute Gasteiger partial charge is 0.270 e. The highest BCUT2D eigenvalue weighted by Gasteiger charge is 2.15. The van der Waals surface area contributed by atoms with Crippen LogP contribution in [0.5, 0.6) is 0 Å². The SMILES string of the molecule is CCN(Cc1ccncc1)C(=O)c1cccc(=O)[nH]1. The fraction of sp³-hybridized carbons (Fsp3) is 0.214.